The number of aliphatic hydroxyl groups excluding tert-OH is 1. The van der Waals surface area contributed by atoms with Gasteiger partial charge in [0.25, 0.3) is 5.56 Å². The normalized spacial score (nSPS) is 11.2. The maximum Gasteiger partial charge on any atom is 0.332 e. The van der Waals surface area contributed by atoms with E-state index in [9.17, 15) is 14.7 Å². The van der Waals surface area contributed by atoms with Gasteiger partial charge in [-0.25, -0.2) is 4.79 Å². The zero-order valence-corrected chi connectivity index (χ0v) is 18.4. The summed E-state index contributed by atoms with van der Waals surface area (Å²) in [4.78, 5) is 30.8. The molecule has 4 rings (SSSR count). The van der Waals surface area contributed by atoms with Crippen molar-refractivity contribution in [1.29, 1.82) is 0 Å². The number of hydrogen-bond donors (Lipinski definition) is 1. The highest BCUT2D eigenvalue weighted by molar-refractivity contribution is 5.72. The molecule has 0 atom stereocenters. The zero-order chi connectivity index (χ0) is 22.8. The number of imidazole rings is 1. The van der Waals surface area contributed by atoms with Gasteiger partial charge in [-0.1, -0.05) is 42.5 Å². The van der Waals surface area contributed by atoms with Gasteiger partial charge in [0.05, 0.1) is 6.54 Å². The molecule has 0 aliphatic heterocycles. The van der Waals surface area contributed by atoms with E-state index in [0.717, 1.165) is 21.3 Å². The van der Waals surface area contributed by atoms with Crippen molar-refractivity contribution in [3.05, 3.63) is 86.1 Å². The number of fused-ring (bicyclic) bond motifs is 1. The summed E-state index contributed by atoms with van der Waals surface area (Å²) in [6.45, 7) is 4.31. The smallest absolute Gasteiger partial charge is 0.332 e. The SMILES string of the molecule is Cc1ccccc1Cn1c(Oc2ccccc2C)nc2c1c(=O)n(CCCO)c(=O)n2C. The molecule has 8 nitrogen and oxygen atoms in total. The average molecular weight is 434 g/mol. The van der Waals surface area contributed by atoms with Crippen molar-refractivity contribution in [3.8, 4) is 11.8 Å². The topological polar surface area (TPSA) is 91.3 Å². The van der Waals surface area contributed by atoms with Crippen molar-refractivity contribution < 1.29 is 9.84 Å². The highest BCUT2D eigenvalue weighted by Gasteiger charge is 2.22. The lowest BCUT2D eigenvalue weighted by molar-refractivity contribution is 0.277. The number of nitrogens with zero attached hydrogens (tertiary/aromatic N) is 4. The molecule has 0 spiro atoms. The molecular weight excluding hydrogens is 408 g/mol. The largest absolute Gasteiger partial charge is 0.425 e. The van der Waals surface area contributed by atoms with Gasteiger partial charge in [0.15, 0.2) is 11.2 Å². The molecule has 0 aliphatic rings. The van der Waals surface area contributed by atoms with E-state index >= 15 is 0 Å². The lowest BCUT2D eigenvalue weighted by Crippen LogP contribution is -2.39. The molecule has 1 N–H and O–H groups in total. The van der Waals surface area contributed by atoms with Crippen LogP contribution >= 0.6 is 0 Å². The standard InChI is InChI=1S/C24H26N4O4/c1-16-9-4-6-11-18(16)15-28-20-21(25-23(28)32-19-12-7-5-10-17(19)2)26(3)24(31)27(22(20)30)13-8-14-29/h4-7,9-12,29H,8,13-15H2,1-3H3. The Kier molecular flexibility index (Phi) is 5.96. The van der Waals surface area contributed by atoms with Crippen LogP contribution in [0.3, 0.4) is 0 Å². The van der Waals surface area contributed by atoms with Gasteiger partial charge in [0.2, 0.25) is 0 Å². The van der Waals surface area contributed by atoms with Crippen molar-refractivity contribution in [2.24, 2.45) is 7.05 Å². The van der Waals surface area contributed by atoms with E-state index in [1.165, 1.54) is 4.57 Å². The number of hydrogen-bond acceptors (Lipinski definition) is 5. The third-order valence-electron chi connectivity index (χ3n) is 5.62. The van der Waals surface area contributed by atoms with Crippen LogP contribution in [0.2, 0.25) is 0 Å². The van der Waals surface area contributed by atoms with Crippen LogP contribution in [-0.2, 0) is 20.1 Å². The van der Waals surface area contributed by atoms with E-state index in [1.54, 1.807) is 11.6 Å². The predicted octanol–water partition coefficient (Wildman–Crippen LogP) is 2.74. The van der Waals surface area contributed by atoms with Crippen molar-refractivity contribution in [2.45, 2.75) is 33.4 Å². The Hall–Kier alpha value is -3.65. The second-order valence-electron chi connectivity index (χ2n) is 7.82. The number of para-hydroxylation sites is 1. The Morgan fingerprint density at radius 1 is 0.969 bits per heavy atom. The minimum absolute atomic E-state index is 0.113. The summed E-state index contributed by atoms with van der Waals surface area (Å²) in [7, 11) is 1.59. The monoisotopic (exact) mass is 434 g/mol. The summed E-state index contributed by atoms with van der Waals surface area (Å²) in [5, 5.41) is 9.20. The first-order valence-electron chi connectivity index (χ1n) is 10.5. The Morgan fingerprint density at radius 2 is 1.66 bits per heavy atom. The Bertz CT molecular complexity index is 1400. The molecule has 2 aromatic heterocycles. The molecule has 0 radical (unpaired) electrons. The average Bonchev–Trinajstić information content (AvgIpc) is 3.13. The van der Waals surface area contributed by atoms with Crippen LogP contribution in [0.1, 0.15) is 23.1 Å². The van der Waals surface area contributed by atoms with Gasteiger partial charge in [-0.05, 0) is 43.0 Å². The number of benzene rings is 2. The molecule has 2 heterocycles. The molecule has 0 aliphatic carbocycles. The van der Waals surface area contributed by atoms with Gasteiger partial charge in [0, 0.05) is 20.2 Å². The Balaban J connectivity index is 1.97. The van der Waals surface area contributed by atoms with Crippen LogP contribution in [0.15, 0.2) is 58.1 Å². The fourth-order valence-corrected chi connectivity index (χ4v) is 3.73. The molecule has 0 saturated heterocycles. The fourth-order valence-electron chi connectivity index (χ4n) is 3.73. The van der Waals surface area contributed by atoms with Crippen LogP contribution in [0, 0.1) is 13.8 Å². The van der Waals surface area contributed by atoms with Crippen molar-refractivity contribution >= 4 is 11.2 Å². The van der Waals surface area contributed by atoms with E-state index in [4.69, 9.17) is 4.74 Å². The molecule has 0 bridgehead atoms. The fraction of sp³-hybridized carbons (Fsp3) is 0.292. The molecule has 0 unspecified atom stereocenters. The molecule has 0 amide bonds. The van der Waals surface area contributed by atoms with E-state index in [-0.39, 0.29) is 30.3 Å². The Labute approximate surface area is 185 Å². The second kappa shape index (κ2) is 8.84. The van der Waals surface area contributed by atoms with Crippen molar-refractivity contribution in [1.82, 2.24) is 18.7 Å². The van der Waals surface area contributed by atoms with Crippen molar-refractivity contribution in [2.75, 3.05) is 6.61 Å². The third-order valence-corrected chi connectivity index (χ3v) is 5.62. The summed E-state index contributed by atoms with van der Waals surface area (Å²) in [5.74, 6) is 0.624. The minimum Gasteiger partial charge on any atom is -0.425 e. The molecule has 4 aromatic rings. The lowest BCUT2D eigenvalue weighted by Gasteiger charge is -2.13. The highest BCUT2D eigenvalue weighted by atomic mass is 16.5. The minimum atomic E-state index is -0.473. The maximum atomic E-state index is 13.4. The molecule has 32 heavy (non-hydrogen) atoms. The highest BCUT2D eigenvalue weighted by Crippen LogP contribution is 2.27. The van der Waals surface area contributed by atoms with Gasteiger partial charge in [-0.3, -0.25) is 18.5 Å². The number of rotatable bonds is 7. The van der Waals surface area contributed by atoms with E-state index < -0.39 is 11.2 Å². The van der Waals surface area contributed by atoms with Gasteiger partial charge >= 0.3 is 11.7 Å². The van der Waals surface area contributed by atoms with Crippen molar-refractivity contribution in [3.63, 3.8) is 0 Å². The molecule has 0 saturated carbocycles. The van der Waals surface area contributed by atoms with E-state index in [0.29, 0.717) is 18.7 Å². The summed E-state index contributed by atoms with van der Waals surface area (Å²) >= 11 is 0. The summed E-state index contributed by atoms with van der Waals surface area (Å²) < 4.78 is 10.4. The second-order valence-corrected chi connectivity index (χ2v) is 7.82. The number of aryl methyl sites for hydroxylation is 3. The van der Waals surface area contributed by atoms with Gasteiger partial charge in [-0.2, -0.15) is 4.98 Å². The molecular formula is C24H26N4O4. The number of aromatic nitrogens is 4. The lowest BCUT2D eigenvalue weighted by atomic mass is 10.1. The molecule has 2 aromatic carbocycles. The van der Waals surface area contributed by atoms with Gasteiger partial charge < -0.3 is 9.84 Å². The van der Waals surface area contributed by atoms with Gasteiger partial charge in [0.1, 0.15) is 5.75 Å². The van der Waals surface area contributed by atoms with Crippen LogP contribution < -0.4 is 16.0 Å². The maximum absolute atomic E-state index is 13.4. The van der Waals surface area contributed by atoms with Crippen LogP contribution in [-0.4, -0.2) is 30.4 Å². The summed E-state index contributed by atoms with van der Waals surface area (Å²) in [6.07, 6.45) is 0.305. The first-order valence-corrected chi connectivity index (χ1v) is 10.5. The summed E-state index contributed by atoms with van der Waals surface area (Å²) in [5.41, 5.74) is 2.64. The molecule has 166 valence electrons. The quantitative estimate of drug-likeness (QED) is 0.483. The van der Waals surface area contributed by atoms with Crippen LogP contribution in [0.5, 0.6) is 11.8 Å². The Morgan fingerprint density at radius 3 is 2.34 bits per heavy atom. The van der Waals surface area contributed by atoms with Crippen LogP contribution in [0.25, 0.3) is 11.2 Å². The van der Waals surface area contributed by atoms with E-state index in [1.807, 2.05) is 62.4 Å². The van der Waals surface area contributed by atoms with E-state index in [2.05, 4.69) is 4.98 Å². The first-order chi connectivity index (χ1) is 15.4. The number of ether oxygens (including phenoxy) is 1. The predicted molar refractivity (Wildman–Crippen MR) is 122 cm³/mol. The zero-order valence-electron chi connectivity index (χ0n) is 18.4. The summed E-state index contributed by atoms with van der Waals surface area (Å²) in [6, 6.07) is 15.7. The van der Waals surface area contributed by atoms with Crippen LogP contribution in [0.4, 0.5) is 0 Å². The third kappa shape index (κ3) is 3.85. The van der Waals surface area contributed by atoms with Gasteiger partial charge in [-0.15, -0.1) is 0 Å². The molecule has 8 heteroatoms. The molecule has 0 fully saturated rings. The first kappa shape index (κ1) is 21.6. The number of aliphatic hydroxyl groups is 1.